The van der Waals surface area contributed by atoms with Gasteiger partial charge < -0.3 is 19.4 Å². The first kappa shape index (κ1) is 20.4. The molecule has 3 rings (SSSR count). The lowest BCUT2D eigenvalue weighted by atomic mass is 10.2. The largest absolute Gasteiger partial charge is 0.493 e. The van der Waals surface area contributed by atoms with Gasteiger partial charge in [-0.1, -0.05) is 13.3 Å². The van der Waals surface area contributed by atoms with Gasteiger partial charge in [-0.15, -0.1) is 0 Å². The summed E-state index contributed by atoms with van der Waals surface area (Å²) in [5.74, 6) is 1.09. The third-order valence-corrected chi connectivity index (χ3v) is 4.64. The van der Waals surface area contributed by atoms with E-state index in [1.807, 2.05) is 6.92 Å². The van der Waals surface area contributed by atoms with Gasteiger partial charge in [0.1, 0.15) is 11.5 Å². The second kappa shape index (κ2) is 8.76. The Morgan fingerprint density at radius 2 is 1.86 bits per heavy atom. The molecule has 0 radical (unpaired) electrons. The van der Waals surface area contributed by atoms with E-state index in [1.165, 1.54) is 14.2 Å². The molecule has 154 valence electrons. The summed E-state index contributed by atoms with van der Waals surface area (Å²) in [5, 5.41) is 7.39. The Balaban J connectivity index is 1.90. The number of carbonyl (C=O) groups excluding carboxylic acids is 1. The van der Waals surface area contributed by atoms with Crippen molar-refractivity contribution in [3.63, 3.8) is 0 Å². The standard InChI is InChI=1S/C20H25N5O4/c1-5-7-12-8-15(24-23-12)20(27)25(6-2)11-18-21-14-10-17(29-4)16(28-3)9-13(14)19(26)22-18/h8-10H,5-7,11H2,1-4H3,(H,23,24)(H,21,22,26). The molecule has 9 nitrogen and oxygen atoms in total. The number of methoxy groups -OCH3 is 2. The lowest BCUT2D eigenvalue weighted by Crippen LogP contribution is -2.32. The smallest absolute Gasteiger partial charge is 0.274 e. The molecule has 2 N–H and O–H groups in total. The van der Waals surface area contributed by atoms with Gasteiger partial charge in [0.05, 0.1) is 31.7 Å². The lowest BCUT2D eigenvalue weighted by molar-refractivity contribution is 0.0742. The van der Waals surface area contributed by atoms with Crippen LogP contribution >= 0.6 is 0 Å². The number of nitrogens with zero attached hydrogens (tertiary/aromatic N) is 3. The number of carbonyl (C=O) groups is 1. The number of aromatic amines is 2. The number of fused-ring (bicyclic) bond motifs is 1. The molecule has 1 amide bonds. The van der Waals surface area contributed by atoms with Gasteiger partial charge in [-0.2, -0.15) is 5.10 Å². The van der Waals surface area contributed by atoms with Crippen molar-refractivity contribution in [2.24, 2.45) is 0 Å². The van der Waals surface area contributed by atoms with Crippen molar-refractivity contribution in [1.29, 1.82) is 0 Å². The maximum Gasteiger partial charge on any atom is 0.274 e. The van der Waals surface area contributed by atoms with Crippen LogP contribution in [0.25, 0.3) is 10.9 Å². The quantitative estimate of drug-likeness (QED) is 0.601. The zero-order valence-electron chi connectivity index (χ0n) is 17.0. The van der Waals surface area contributed by atoms with Crippen molar-refractivity contribution < 1.29 is 14.3 Å². The van der Waals surface area contributed by atoms with E-state index in [1.54, 1.807) is 23.1 Å². The highest BCUT2D eigenvalue weighted by Crippen LogP contribution is 2.29. The number of ether oxygens (including phenoxy) is 2. The molecule has 0 atom stereocenters. The molecule has 2 aromatic heterocycles. The van der Waals surface area contributed by atoms with Gasteiger partial charge >= 0.3 is 0 Å². The molecule has 0 spiro atoms. The van der Waals surface area contributed by atoms with Gasteiger partial charge in [-0.05, 0) is 25.5 Å². The minimum absolute atomic E-state index is 0.158. The summed E-state index contributed by atoms with van der Waals surface area (Å²) in [7, 11) is 3.03. The molecule has 0 aliphatic heterocycles. The molecule has 2 heterocycles. The number of hydrogen-bond donors (Lipinski definition) is 2. The second-order valence-electron chi connectivity index (χ2n) is 6.58. The molecule has 9 heteroatoms. The summed E-state index contributed by atoms with van der Waals surface area (Å²) >= 11 is 0. The number of amides is 1. The van der Waals surface area contributed by atoms with Gasteiger partial charge in [-0.3, -0.25) is 14.7 Å². The van der Waals surface area contributed by atoms with Gasteiger partial charge in [0, 0.05) is 18.3 Å². The predicted molar refractivity (Wildman–Crippen MR) is 108 cm³/mol. The Morgan fingerprint density at radius 3 is 2.52 bits per heavy atom. The van der Waals surface area contributed by atoms with Crippen LogP contribution in [0.15, 0.2) is 23.0 Å². The summed E-state index contributed by atoms with van der Waals surface area (Å²) in [6, 6.07) is 5.00. The molecular weight excluding hydrogens is 374 g/mol. The topological polar surface area (TPSA) is 113 Å². The molecule has 0 saturated heterocycles. The molecule has 29 heavy (non-hydrogen) atoms. The van der Waals surface area contributed by atoms with Crippen molar-refractivity contribution >= 4 is 16.8 Å². The number of rotatable bonds is 8. The summed E-state index contributed by atoms with van der Waals surface area (Å²) in [4.78, 5) is 34.2. The molecule has 0 bridgehead atoms. The van der Waals surface area contributed by atoms with Crippen molar-refractivity contribution in [3.05, 3.63) is 45.8 Å². The highest BCUT2D eigenvalue weighted by atomic mass is 16.5. The van der Waals surface area contributed by atoms with Crippen molar-refractivity contribution in [3.8, 4) is 11.5 Å². The van der Waals surface area contributed by atoms with Gasteiger partial charge in [0.15, 0.2) is 11.5 Å². The number of benzene rings is 1. The van der Waals surface area contributed by atoms with Gasteiger partial charge in [0.25, 0.3) is 11.5 Å². The van der Waals surface area contributed by atoms with E-state index in [2.05, 4.69) is 27.1 Å². The molecule has 3 aromatic rings. The van der Waals surface area contributed by atoms with E-state index in [9.17, 15) is 9.59 Å². The van der Waals surface area contributed by atoms with E-state index < -0.39 is 0 Å². The first-order valence-electron chi connectivity index (χ1n) is 9.49. The first-order valence-corrected chi connectivity index (χ1v) is 9.49. The minimum Gasteiger partial charge on any atom is -0.493 e. The molecule has 0 aliphatic carbocycles. The van der Waals surface area contributed by atoms with Crippen LogP contribution in [-0.4, -0.2) is 51.7 Å². The van der Waals surface area contributed by atoms with Gasteiger partial charge in [-0.25, -0.2) is 4.98 Å². The average Bonchev–Trinajstić information content (AvgIpc) is 3.19. The molecule has 1 aromatic carbocycles. The van der Waals surface area contributed by atoms with Crippen molar-refractivity contribution in [2.45, 2.75) is 33.2 Å². The predicted octanol–water partition coefficient (Wildman–Crippen LogP) is 2.28. The molecule has 0 unspecified atom stereocenters. The van der Waals surface area contributed by atoms with E-state index in [0.29, 0.717) is 40.5 Å². The summed E-state index contributed by atoms with van der Waals surface area (Å²) in [6.45, 7) is 4.53. The Labute approximate surface area is 168 Å². The Morgan fingerprint density at radius 1 is 1.14 bits per heavy atom. The van der Waals surface area contributed by atoms with Crippen molar-refractivity contribution in [2.75, 3.05) is 20.8 Å². The number of aryl methyl sites for hydroxylation is 1. The summed E-state index contributed by atoms with van der Waals surface area (Å²) in [5.41, 5.74) is 1.43. The lowest BCUT2D eigenvalue weighted by Gasteiger charge is -2.19. The van der Waals surface area contributed by atoms with Crippen LogP contribution in [0, 0.1) is 0 Å². The van der Waals surface area contributed by atoms with Crippen molar-refractivity contribution in [1.82, 2.24) is 25.1 Å². The van der Waals surface area contributed by atoms with E-state index in [4.69, 9.17) is 9.47 Å². The normalized spacial score (nSPS) is 10.9. The van der Waals surface area contributed by atoms with Crippen LogP contribution in [0.5, 0.6) is 11.5 Å². The number of aromatic nitrogens is 4. The molecule has 0 aliphatic rings. The summed E-state index contributed by atoms with van der Waals surface area (Å²) in [6.07, 6.45) is 1.79. The maximum atomic E-state index is 12.8. The Kier molecular flexibility index (Phi) is 6.16. The Bertz CT molecular complexity index is 1070. The monoisotopic (exact) mass is 399 g/mol. The second-order valence-corrected chi connectivity index (χ2v) is 6.58. The zero-order valence-corrected chi connectivity index (χ0v) is 17.0. The Hall–Kier alpha value is -3.36. The molecular formula is C20H25N5O4. The zero-order chi connectivity index (χ0) is 21.0. The highest BCUT2D eigenvalue weighted by Gasteiger charge is 2.19. The van der Waals surface area contributed by atoms with Gasteiger partial charge in [0.2, 0.25) is 0 Å². The number of H-pyrrole nitrogens is 2. The third kappa shape index (κ3) is 4.23. The third-order valence-electron chi connectivity index (χ3n) is 4.64. The molecule has 0 saturated carbocycles. The van der Waals surface area contributed by atoms with Crippen LogP contribution in [0.3, 0.4) is 0 Å². The fourth-order valence-electron chi connectivity index (χ4n) is 3.13. The first-order chi connectivity index (χ1) is 14.0. The van der Waals surface area contributed by atoms with Crippen LogP contribution in [0.4, 0.5) is 0 Å². The van der Waals surface area contributed by atoms with E-state index >= 15 is 0 Å². The van der Waals surface area contributed by atoms with Crippen LogP contribution in [-0.2, 0) is 13.0 Å². The van der Waals surface area contributed by atoms with Crippen LogP contribution < -0.4 is 15.0 Å². The van der Waals surface area contributed by atoms with Crippen LogP contribution in [0.2, 0.25) is 0 Å². The number of nitrogens with one attached hydrogen (secondary N) is 2. The minimum atomic E-state index is -0.306. The van der Waals surface area contributed by atoms with E-state index in [0.717, 1.165) is 18.5 Å². The fourth-order valence-corrected chi connectivity index (χ4v) is 3.13. The summed E-state index contributed by atoms with van der Waals surface area (Å²) < 4.78 is 10.5. The number of hydrogen-bond acceptors (Lipinski definition) is 6. The highest BCUT2D eigenvalue weighted by molar-refractivity contribution is 5.92. The fraction of sp³-hybridized carbons (Fsp3) is 0.400. The van der Waals surface area contributed by atoms with E-state index in [-0.39, 0.29) is 18.0 Å². The van der Waals surface area contributed by atoms with Crippen LogP contribution in [0.1, 0.15) is 42.3 Å². The maximum absolute atomic E-state index is 12.8. The average molecular weight is 399 g/mol. The molecule has 0 fully saturated rings. The SMILES string of the molecule is CCCc1cc(C(=O)N(CC)Cc2nc3cc(OC)c(OC)cc3c(=O)[nH]2)n[nH]1.